The molecule has 7 nitrogen and oxygen atoms in total. The molecule has 1 heterocycles. The van der Waals surface area contributed by atoms with Crippen LogP contribution in [0.15, 0.2) is 71.6 Å². The molecule has 1 saturated heterocycles. The molecule has 35 heavy (non-hydrogen) atoms. The van der Waals surface area contributed by atoms with Gasteiger partial charge >= 0.3 is 0 Å². The van der Waals surface area contributed by atoms with Gasteiger partial charge in [-0.1, -0.05) is 23.7 Å². The van der Waals surface area contributed by atoms with Crippen molar-refractivity contribution in [2.75, 3.05) is 55.4 Å². The fourth-order valence-corrected chi connectivity index (χ4v) is 5.05. The number of piperazine rings is 1. The van der Waals surface area contributed by atoms with E-state index in [2.05, 4.69) is 10.2 Å². The lowest BCUT2D eigenvalue weighted by Crippen LogP contribution is -2.47. The summed E-state index contributed by atoms with van der Waals surface area (Å²) < 4.78 is 40.0. The summed E-state index contributed by atoms with van der Waals surface area (Å²) in [5.41, 5.74) is 2.29. The molecule has 1 amide bonds. The molecule has 1 fully saturated rings. The zero-order chi connectivity index (χ0) is 25.2. The Morgan fingerprint density at radius 1 is 0.914 bits per heavy atom. The molecule has 0 atom stereocenters. The molecule has 0 radical (unpaired) electrons. The maximum Gasteiger partial charge on any atom is 0.257 e. The van der Waals surface area contributed by atoms with Gasteiger partial charge in [-0.15, -0.1) is 0 Å². The molecule has 3 aromatic rings. The predicted octanol–water partition coefficient (Wildman–Crippen LogP) is 4.31. The molecule has 4 rings (SSSR count). The van der Waals surface area contributed by atoms with Gasteiger partial charge in [-0.25, -0.2) is 17.1 Å². The molecule has 0 spiro atoms. The fraction of sp³-hybridized carbons (Fsp3) is 0.240. The molecule has 0 aromatic heterocycles. The van der Waals surface area contributed by atoms with Crippen molar-refractivity contribution in [2.24, 2.45) is 0 Å². The number of nitrogens with zero attached hydrogens (tertiary/aromatic N) is 3. The van der Waals surface area contributed by atoms with Crippen LogP contribution >= 0.6 is 11.6 Å². The molecular formula is C25H26ClFN4O3S. The summed E-state index contributed by atoms with van der Waals surface area (Å²) in [6.07, 6.45) is 0. The minimum absolute atomic E-state index is 0.149. The van der Waals surface area contributed by atoms with Crippen molar-refractivity contribution in [3.8, 4) is 0 Å². The lowest BCUT2D eigenvalue weighted by molar-refractivity contribution is 0.102. The lowest BCUT2D eigenvalue weighted by atomic mass is 10.1. The Morgan fingerprint density at radius 2 is 1.51 bits per heavy atom. The first kappa shape index (κ1) is 25.0. The summed E-state index contributed by atoms with van der Waals surface area (Å²) in [5.74, 6) is -0.648. The summed E-state index contributed by atoms with van der Waals surface area (Å²) in [6, 6.07) is 18.0. The van der Waals surface area contributed by atoms with Crippen LogP contribution in [0.5, 0.6) is 0 Å². The van der Waals surface area contributed by atoms with E-state index >= 15 is 0 Å². The van der Waals surface area contributed by atoms with Crippen LogP contribution in [0.2, 0.25) is 5.02 Å². The molecule has 10 heteroatoms. The highest BCUT2D eigenvalue weighted by atomic mass is 35.5. The Morgan fingerprint density at radius 3 is 2.11 bits per heavy atom. The Hall–Kier alpha value is -3.14. The van der Waals surface area contributed by atoms with E-state index in [0.717, 1.165) is 9.99 Å². The highest BCUT2D eigenvalue weighted by molar-refractivity contribution is 7.89. The first-order chi connectivity index (χ1) is 16.7. The molecule has 1 aliphatic rings. The zero-order valence-electron chi connectivity index (χ0n) is 19.4. The van der Waals surface area contributed by atoms with E-state index in [-0.39, 0.29) is 16.6 Å². The van der Waals surface area contributed by atoms with Crippen molar-refractivity contribution in [2.45, 2.75) is 4.90 Å². The summed E-state index contributed by atoms with van der Waals surface area (Å²) in [6.45, 7) is 2.42. The summed E-state index contributed by atoms with van der Waals surface area (Å²) >= 11 is 5.87. The van der Waals surface area contributed by atoms with Crippen molar-refractivity contribution in [3.05, 3.63) is 83.1 Å². The quantitative estimate of drug-likeness (QED) is 0.528. The molecule has 1 N–H and O–H groups in total. The van der Waals surface area contributed by atoms with Gasteiger partial charge in [-0.2, -0.15) is 0 Å². The number of amides is 1. The number of para-hydroxylation sites is 1. The average Bonchev–Trinajstić information content (AvgIpc) is 2.84. The third-order valence-corrected chi connectivity index (χ3v) is 7.97. The number of hydrogen-bond acceptors (Lipinski definition) is 5. The number of sulfonamides is 1. The largest absolute Gasteiger partial charge is 0.367 e. The summed E-state index contributed by atoms with van der Waals surface area (Å²) in [5, 5.41) is 3.21. The highest BCUT2D eigenvalue weighted by Crippen LogP contribution is 2.27. The number of anilines is 3. The van der Waals surface area contributed by atoms with E-state index < -0.39 is 10.0 Å². The molecule has 184 valence electrons. The van der Waals surface area contributed by atoms with Crippen molar-refractivity contribution in [1.82, 2.24) is 4.31 Å². The van der Waals surface area contributed by atoms with Crippen LogP contribution in [0.25, 0.3) is 0 Å². The van der Waals surface area contributed by atoms with Crippen LogP contribution in [-0.4, -0.2) is 58.9 Å². The molecule has 3 aromatic carbocycles. The Balaban J connectivity index is 1.46. The average molecular weight is 517 g/mol. The second-order valence-corrected chi connectivity index (χ2v) is 10.9. The van der Waals surface area contributed by atoms with Gasteiger partial charge in [0.15, 0.2) is 0 Å². The van der Waals surface area contributed by atoms with Gasteiger partial charge in [0.1, 0.15) is 5.82 Å². The fourth-order valence-electron chi connectivity index (χ4n) is 3.99. The standard InChI is InChI=1S/C25H26ClFN4O3S/c1-29(2)35(33,34)20-10-8-19(9-11-20)28-25(32)21-5-3-4-6-23(21)30-13-15-31(16-14-30)24-12-7-18(26)17-22(24)27/h3-12,17H,13-16H2,1-2H3,(H,28,32). The van der Waals surface area contributed by atoms with Gasteiger partial charge in [0.25, 0.3) is 5.91 Å². The number of nitrogens with one attached hydrogen (secondary N) is 1. The maximum absolute atomic E-state index is 14.3. The van der Waals surface area contributed by atoms with Crippen LogP contribution in [-0.2, 0) is 10.0 Å². The van der Waals surface area contributed by atoms with Crippen LogP contribution in [0, 0.1) is 5.82 Å². The van der Waals surface area contributed by atoms with Crippen molar-refractivity contribution in [3.63, 3.8) is 0 Å². The molecule has 0 aliphatic carbocycles. The SMILES string of the molecule is CN(C)S(=O)(=O)c1ccc(NC(=O)c2ccccc2N2CCN(c3ccc(Cl)cc3F)CC2)cc1. The van der Waals surface area contributed by atoms with Gasteiger partial charge in [-0.05, 0) is 54.6 Å². The monoisotopic (exact) mass is 516 g/mol. The van der Waals surface area contributed by atoms with Gasteiger partial charge in [0.05, 0.1) is 16.1 Å². The highest BCUT2D eigenvalue weighted by Gasteiger charge is 2.23. The second kappa shape index (κ2) is 10.2. The molecule has 0 unspecified atom stereocenters. The van der Waals surface area contributed by atoms with Crippen molar-refractivity contribution < 1.29 is 17.6 Å². The Labute approximate surface area is 209 Å². The topological polar surface area (TPSA) is 73.0 Å². The van der Waals surface area contributed by atoms with E-state index in [1.807, 2.05) is 17.0 Å². The minimum Gasteiger partial charge on any atom is -0.367 e. The number of benzene rings is 3. The van der Waals surface area contributed by atoms with Crippen LogP contribution < -0.4 is 15.1 Å². The minimum atomic E-state index is -3.55. The predicted molar refractivity (Wildman–Crippen MR) is 138 cm³/mol. The number of hydrogen-bond donors (Lipinski definition) is 1. The third-order valence-electron chi connectivity index (χ3n) is 5.91. The number of halogens is 2. The Bertz CT molecular complexity index is 1320. The molecule has 1 aliphatic heterocycles. The Kier molecular flexibility index (Phi) is 7.30. The first-order valence-corrected chi connectivity index (χ1v) is 12.9. The van der Waals surface area contributed by atoms with Crippen molar-refractivity contribution >= 4 is 44.6 Å². The van der Waals surface area contributed by atoms with Gasteiger partial charge in [-0.3, -0.25) is 4.79 Å². The molecule has 0 saturated carbocycles. The summed E-state index contributed by atoms with van der Waals surface area (Å²) in [4.78, 5) is 17.3. The normalized spacial score (nSPS) is 14.3. The lowest BCUT2D eigenvalue weighted by Gasteiger charge is -2.38. The molecule has 0 bridgehead atoms. The number of carbonyl (C=O) groups excluding carboxylic acids is 1. The summed E-state index contributed by atoms with van der Waals surface area (Å²) in [7, 11) is -0.613. The van der Waals surface area contributed by atoms with E-state index in [1.165, 1.54) is 32.3 Å². The zero-order valence-corrected chi connectivity index (χ0v) is 21.0. The van der Waals surface area contributed by atoms with Crippen LogP contribution in [0.4, 0.5) is 21.5 Å². The third kappa shape index (κ3) is 5.42. The molecular weight excluding hydrogens is 491 g/mol. The maximum atomic E-state index is 14.3. The number of rotatable bonds is 6. The van der Waals surface area contributed by atoms with Crippen molar-refractivity contribution in [1.29, 1.82) is 0 Å². The van der Waals surface area contributed by atoms with Crippen LogP contribution in [0.1, 0.15) is 10.4 Å². The number of carbonyl (C=O) groups is 1. The van der Waals surface area contributed by atoms with E-state index in [1.54, 1.807) is 36.4 Å². The van der Waals surface area contributed by atoms with Gasteiger partial charge < -0.3 is 15.1 Å². The van der Waals surface area contributed by atoms with E-state index in [4.69, 9.17) is 11.6 Å². The van der Waals surface area contributed by atoms with Gasteiger partial charge in [0, 0.05) is 56.7 Å². The van der Waals surface area contributed by atoms with Crippen LogP contribution in [0.3, 0.4) is 0 Å². The first-order valence-electron chi connectivity index (χ1n) is 11.0. The smallest absolute Gasteiger partial charge is 0.257 e. The second-order valence-electron chi connectivity index (χ2n) is 8.35. The van der Waals surface area contributed by atoms with E-state index in [0.29, 0.717) is 48.1 Å². The van der Waals surface area contributed by atoms with E-state index in [9.17, 15) is 17.6 Å². The van der Waals surface area contributed by atoms with Gasteiger partial charge in [0.2, 0.25) is 10.0 Å².